The second kappa shape index (κ2) is 4.20. The molecule has 0 radical (unpaired) electrons. The Balaban J connectivity index is 2.02. The lowest BCUT2D eigenvalue weighted by Gasteiger charge is -2.06. The van der Waals surface area contributed by atoms with Crippen LogP contribution in [0.4, 0.5) is 5.95 Å². The van der Waals surface area contributed by atoms with Gasteiger partial charge in [-0.15, -0.1) is 5.10 Å². The first kappa shape index (κ1) is 11.7. The van der Waals surface area contributed by atoms with E-state index >= 15 is 0 Å². The van der Waals surface area contributed by atoms with Crippen LogP contribution in [0.5, 0.6) is 0 Å². The number of nitrogens with zero attached hydrogens (tertiary/aromatic N) is 6. The monoisotopic (exact) mass is 277 g/mol. The number of hydrogen-bond acceptors (Lipinski definition) is 6. The molecule has 0 unspecified atom stereocenters. The van der Waals surface area contributed by atoms with E-state index in [-0.39, 0.29) is 5.95 Å². The van der Waals surface area contributed by atoms with E-state index in [9.17, 15) is 0 Å². The van der Waals surface area contributed by atoms with Crippen LogP contribution in [-0.2, 0) is 0 Å². The summed E-state index contributed by atoms with van der Waals surface area (Å²) in [5, 5.41) is 12.6. The molecule has 0 atom stereocenters. The molecule has 0 aliphatic carbocycles. The first-order chi connectivity index (χ1) is 10.2. The Bertz CT molecular complexity index is 974. The average Bonchev–Trinajstić information content (AvgIpc) is 2.98. The van der Waals surface area contributed by atoms with E-state index in [4.69, 9.17) is 5.73 Å². The van der Waals surface area contributed by atoms with Crippen LogP contribution in [0, 0.1) is 6.92 Å². The van der Waals surface area contributed by atoms with Crippen molar-refractivity contribution in [1.82, 2.24) is 30.0 Å². The molecule has 0 amide bonds. The summed E-state index contributed by atoms with van der Waals surface area (Å²) in [5.74, 6) is 0.261. The lowest BCUT2D eigenvalue weighted by atomic mass is 10.0. The van der Waals surface area contributed by atoms with Gasteiger partial charge in [-0.25, -0.2) is 4.98 Å². The predicted molar refractivity (Wildman–Crippen MR) is 78.5 cm³/mol. The minimum Gasteiger partial charge on any atom is -0.368 e. The molecule has 0 saturated heterocycles. The van der Waals surface area contributed by atoms with E-state index in [0.29, 0.717) is 5.65 Å². The van der Waals surface area contributed by atoms with Crippen LogP contribution in [0.3, 0.4) is 0 Å². The first-order valence-electron chi connectivity index (χ1n) is 6.42. The Morgan fingerprint density at radius 3 is 2.95 bits per heavy atom. The number of rotatable bonds is 1. The lowest BCUT2D eigenvalue weighted by molar-refractivity contribution is 0.819. The van der Waals surface area contributed by atoms with Gasteiger partial charge >= 0.3 is 0 Å². The molecule has 2 N–H and O–H groups in total. The standard InChI is InChI=1S/C14H11N7/c1-8-4-5-16-12-3-2-9(6-10(8)12)11-7-17-14(15)21-13(11)18-19-20-21/h2-7H,1H3,(H2,15,17). The van der Waals surface area contributed by atoms with Gasteiger partial charge in [-0.1, -0.05) is 6.07 Å². The largest absolute Gasteiger partial charge is 0.368 e. The van der Waals surface area contributed by atoms with E-state index in [0.717, 1.165) is 22.0 Å². The highest BCUT2D eigenvalue weighted by atomic mass is 15.5. The third-order valence-corrected chi connectivity index (χ3v) is 3.52. The SMILES string of the molecule is Cc1ccnc2ccc(-c3cnc(N)n4nnnc34)cc12. The van der Waals surface area contributed by atoms with Gasteiger partial charge in [-0.3, -0.25) is 4.98 Å². The highest BCUT2D eigenvalue weighted by Gasteiger charge is 2.11. The lowest BCUT2D eigenvalue weighted by Crippen LogP contribution is -2.02. The van der Waals surface area contributed by atoms with Crippen LogP contribution in [0.15, 0.2) is 36.7 Å². The number of aryl methyl sites for hydroxylation is 1. The summed E-state index contributed by atoms with van der Waals surface area (Å²) in [4.78, 5) is 8.50. The molecule has 102 valence electrons. The van der Waals surface area contributed by atoms with Crippen molar-refractivity contribution in [3.05, 3.63) is 42.2 Å². The van der Waals surface area contributed by atoms with Crippen molar-refractivity contribution in [1.29, 1.82) is 0 Å². The van der Waals surface area contributed by atoms with Crippen molar-refractivity contribution in [3.63, 3.8) is 0 Å². The Labute approximate surface area is 119 Å². The molecule has 0 saturated carbocycles. The van der Waals surface area contributed by atoms with Gasteiger partial charge in [0.05, 0.1) is 5.52 Å². The Morgan fingerprint density at radius 1 is 1.14 bits per heavy atom. The van der Waals surface area contributed by atoms with Gasteiger partial charge in [0.2, 0.25) is 5.95 Å². The minimum absolute atomic E-state index is 0.261. The molecular weight excluding hydrogens is 266 g/mol. The van der Waals surface area contributed by atoms with Gasteiger partial charge in [-0.2, -0.15) is 4.52 Å². The molecule has 0 fully saturated rings. The number of nitrogen functional groups attached to an aromatic ring is 1. The molecule has 7 nitrogen and oxygen atoms in total. The van der Waals surface area contributed by atoms with Gasteiger partial charge in [0.15, 0.2) is 5.65 Å². The van der Waals surface area contributed by atoms with Crippen molar-refractivity contribution in [2.45, 2.75) is 6.92 Å². The number of benzene rings is 1. The molecule has 21 heavy (non-hydrogen) atoms. The minimum atomic E-state index is 0.261. The number of aromatic nitrogens is 6. The molecule has 4 aromatic rings. The third kappa shape index (κ3) is 1.71. The average molecular weight is 277 g/mol. The predicted octanol–water partition coefficient (Wildman–Crippen LogP) is 1.63. The molecule has 4 rings (SSSR count). The molecule has 3 heterocycles. The van der Waals surface area contributed by atoms with E-state index in [1.54, 1.807) is 6.20 Å². The molecule has 7 heteroatoms. The van der Waals surface area contributed by atoms with Crippen molar-refractivity contribution in [2.24, 2.45) is 0 Å². The fourth-order valence-electron chi connectivity index (χ4n) is 2.41. The third-order valence-electron chi connectivity index (χ3n) is 3.52. The van der Waals surface area contributed by atoms with Gasteiger partial charge in [0.1, 0.15) is 0 Å². The van der Waals surface area contributed by atoms with Crippen LogP contribution >= 0.6 is 0 Å². The topological polar surface area (TPSA) is 94.9 Å². The number of anilines is 1. The molecule has 1 aromatic carbocycles. The Morgan fingerprint density at radius 2 is 2.05 bits per heavy atom. The van der Waals surface area contributed by atoms with Crippen molar-refractivity contribution < 1.29 is 0 Å². The molecule has 0 spiro atoms. The van der Waals surface area contributed by atoms with Gasteiger partial charge in [0.25, 0.3) is 0 Å². The van der Waals surface area contributed by atoms with Crippen molar-refractivity contribution in [3.8, 4) is 11.1 Å². The second-order valence-corrected chi connectivity index (χ2v) is 4.80. The molecule has 0 bridgehead atoms. The summed E-state index contributed by atoms with van der Waals surface area (Å²) >= 11 is 0. The molecular formula is C14H11N7. The maximum absolute atomic E-state index is 5.76. The van der Waals surface area contributed by atoms with Crippen molar-refractivity contribution in [2.75, 3.05) is 5.73 Å². The van der Waals surface area contributed by atoms with E-state index in [1.807, 2.05) is 24.4 Å². The summed E-state index contributed by atoms with van der Waals surface area (Å²) in [6.45, 7) is 2.06. The highest BCUT2D eigenvalue weighted by molar-refractivity contribution is 5.89. The molecule has 0 aliphatic rings. The fraction of sp³-hybridized carbons (Fsp3) is 0.0714. The van der Waals surface area contributed by atoms with Gasteiger partial charge < -0.3 is 5.73 Å². The zero-order valence-electron chi connectivity index (χ0n) is 11.2. The van der Waals surface area contributed by atoms with Gasteiger partial charge in [0, 0.05) is 23.3 Å². The number of tetrazole rings is 1. The maximum atomic E-state index is 5.76. The van der Waals surface area contributed by atoms with Crippen molar-refractivity contribution >= 4 is 22.5 Å². The molecule has 3 aromatic heterocycles. The highest BCUT2D eigenvalue weighted by Crippen LogP contribution is 2.27. The zero-order valence-corrected chi connectivity index (χ0v) is 11.2. The van der Waals surface area contributed by atoms with Gasteiger partial charge in [-0.05, 0) is 46.7 Å². The number of nitrogens with two attached hydrogens (primary N) is 1. The van der Waals surface area contributed by atoms with Crippen LogP contribution in [0.2, 0.25) is 0 Å². The first-order valence-corrected chi connectivity index (χ1v) is 6.42. The normalized spacial score (nSPS) is 11.3. The summed E-state index contributed by atoms with van der Waals surface area (Å²) in [6.07, 6.45) is 3.50. The zero-order chi connectivity index (χ0) is 14.4. The van der Waals surface area contributed by atoms with Crippen LogP contribution in [-0.4, -0.2) is 30.0 Å². The number of pyridine rings is 1. The summed E-state index contributed by atoms with van der Waals surface area (Å²) < 4.78 is 1.43. The molecule has 0 aliphatic heterocycles. The van der Waals surface area contributed by atoms with E-state index < -0.39 is 0 Å². The Kier molecular flexibility index (Phi) is 2.34. The fourth-order valence-corrected chi connectivity index (χ4v) is 2.41. The van der Waals surface area contributed by atoms with E-state index in [2.05, 4.69) is 38.5 Å². The maximum Gasteiger partial charge on any atom is 0.224 e. The summed E-state index contributed by atoms with van der Waals surface area (Å²) in [5.41, 5.74) is 10.3. The Hall–Kier alpha value is -3.09. The quantitative estimate of drug-likeness (QED) is 0.568. The number of hydrogen-bond donors (Lipinski definition) is 1. The van der Waals surface area contributed by atoms with Crippen LogP contribution in [0.25, 0.3) is 27.7 Å². The second-order valence-electron chi connectivity index (χ2n) is 4.80. The van der Waals surface area contributed by atoms with E-state index in [1.165, 1.54) is 10.1 Å². The summed E-state index contributed by atoms with van der Waals surface area (Å²) in [7, 11) is 0. The van der Waals surface area contributed by atoms with Crippen LogP contribution in [0.1, 0.15) is 5.56 Å². The summed E-state index contributed by atoms with van der Waals surface area (Å²) in [6, 6.07) is 8.02. The van der Waals surface area contributed by atoms with Crippen LogP contribution < -0.4 is 5.73 Å². The smallest absolute Gasteiger partial charge is 0.224 e. The number of fused-ring (bicyclic) bond motifs is 2.